The zero-order valence-corrected chi connectivity index (χ0v) is 11.6. The maximum atomic E-state index is 5.52. The molecule has 1 aliphatic rings. The molecular weight excluding hydrogens is 284 g/mol. The summed E-state index contributed by atoms with van der Waals surface area (Å²) in [6.07, 6.45) is 2.99. The van der Waals surface area contributed by atoms with Crippen molar-refractivity contribution < 1.29 is 4.74 Å². The summed E-state index contributed by atoms with van der Waals surface area (Å²) in [4.78, 5) is 8.61. The molecule has 0 aromatic carbocycles. The molecule has 0 radical (unpaired) electrons. The van der Waals surface area contributed by atoms with Crippen molar-refractivity contribution in [2.75, 3.05) is 23.8 Å². The SMILES string of the molecule is CCNc1ncc(Br)c(NC2CCOC2C)n1. The van der Waals surface area contributed by atoms with Crippen molar-refractivity contribution in [2.24, 2.45) is 0 Å². The third kappa shape index (κ3) is 3.07. The van der Waals surface area contributed by atoms with Gasteiger partial charge in [-0.25, -0.2) is 4.98 Å². The van der Waals surface area contributed by atoms with E-state index < -0.39 is 0 Å². The van der Waals surface area contributed by atoms with Gasteiger partial charge in [0.05, 0.1) is 16.6 Å². The average Bonchev–Trinajstić information content (AvgIpc) is 2.70. The molecule has 2 atom stereocenters. The van der Waals surface area contributed by atoms with E-state index in [1.165, 1.54) is 0 Å². The lowest BCUT2D eigenvalue weighted by Crippen LogP contribution is -2.27. The number of rotatable bonds is 4. The number of hydrogen-bond donors (Lipinski definition) is 2. The second-order valence-corrected chi connectivity index (χ2v) is 4.89. The van der Waals surface area contributed by atoms with Gasteiger partial charge in [0.2, 0.25) is 5.95 Å². The van der Waals surface area contributed by atoms with Crippen LogP contribution in [-0.2, 0) is 4.74 Å². The minimum atomic E-state index is 0.222. The predicted molar refractivity (Wildman–Crippen MR) is 71.3 cm³/mol. The van der Waals surface area contributed by atoms with Crippen molar-refractivity contribution in [1.82, 2.24) is 9.97 Å². The van der Waals surface area contributed by atoms with Crippen molar-refractivity contribution >= 4 is 27.7 Å². The number of anilines is 2. The van der Waals surface area contributed by atoms with Gasteiger partial charge in [0.15, 0.2) is 0 Å². The first-order valence-corrected chi connectivity index (χ1v) is 6.64. The van der Waals surface area contributed by atoms with Gasteiger partial charge in [-0.05, 0) is 36.2 Å². The summed E-state index contributed by atoms with van der Waals surface area (Å²) < 4.78 is 6.39. The number of hydrogen-bond acceptors (Lipinski definition) is 5. The number of nitrogens with one attached hydrogen (secondary N) is 2. The van der Waals surface area contributed by atoms with Gasteiger partial charge in [0.25, 0.3) is 0 Å². The first-order valence-electron chi connectivity index (χ1n) is 5.85. The molecule has 1 saturated heterocycles. The molecule has 0 spiro atoms. The van der Waals surface area contributed by atoms with Crippen LogP contribution in [0.25, 0.3) is 0 Å². The van der Waals surface area contributed by atoms with E-state index >= 15 is 0 Å². The van der Waals surface area contributed by atoms with Crippen LogP contribution in [0.5, 0.6) is 0 Å². The summed E-state index contributed by atoms with van der Waals surface area (Å²) in [6, 6.07) is 0.315. The Hall–Kier alpha value is -0.880. The predicted octanol–water partition coefficient (Wildman–Crippen LogP) is 2.26. The second-order valence-electron chi connectivity index (χ2n) is 4.04. The molecule has 6 heteroatoms. The average molecular weight is 301 g/mol. The maximum absolute atomic E-state index is 5.52. The largest absolute Gasteiger partial charge is 0.376 e. The molecule has 1 aliphatic heterocycles. The zero-order valence-electron chi connectivity index (χ0n) is 10.0. The topological polar surface area (TPSA) is 59.1 Å². The van der Waals surface area contributed by atoms with Crippen molar-refractivity contribution in [3.63, 3.8) is 0 Å². The van der Waals surface area contributed by atoms with Gasteiger partial charge in [-0.3, -0.25) is 0 Å². The highest BCUT2D eigenvalue weighted by molar-refractivity contribution is 9.10. The van der Waals surface area contributed by atoms with Crippen LogP contribution >= 0.6 is 15.9 Å². The summed E-state index contributed by atoms with van der Waals surface area (Å²) in [7, 11) is 0. The fourth-order valence-electron chi connectivity index (χ4n) is 1.81. The molecule has 5 nitrogen and oxygen atoms in total. The maximum Gasteiger partial charge on any atom is 0.224 e. The van der Waals surface area contributed by atoms with Crippen molar-refractivity contribution in [2.45, 2.75) is 32.4 Å². The van der Waals surface area contributed by atoms with Crippen LogP contribution in [-0.4, -0.2) is 35.3 Å². The molecule has 17 heavy (non-hydrogen) atoms. The molecule has 1 fully saturated rings. The summed E-state index contributed by atoms with van der Waals surface area (Å²) in [5.74, 6) is 1.46. The van der Waals surface area contributed by atoms with Gasteiger partial charge >= 0.3 is 0 Å². The Morgan fingerprint density at radius 3 is 3.06 bits per heavy atom. The standard InChI is InChI=1S/C11H17BrN4O/c1-3-13-11-14-6-8(12)10(16-11)15-9-4-5-17-7(9)2/h6-7,9H,3-5H2,1-2H3,(H2,13,14,15,16). The van der Waals surface area contributed by atoms with E-state index in [-0.39, 0.29) is 6.10 Å². The Morgan fingerprint density at radius 2 is 2.41 bits per heavy atom. The summed E-state index contributed by atoms with van der Waals surface area (Å²) in [5, 5.41) is 6.49. The van der Waals surface area contributed by atoms with Crippen LogP contribution in [0.2, 0.25) is 0 Å². The third-order valence-electron chi connectivity index (χ3n) is 2.78. The van der Waals surface area contributed by atoms with Gasteiger partial charge in [0.1, 0.15) is 5.82 Å². The minimum absolute atomic E-state index is 0.222. The Labute approximate surface area is 110 Å². The van der Waals surface area contributed by atoms with Crippen LogP contribution < -0.4 is 10.6 Å². The molecule has 2 unspecified atom stereocenters. The van der Waals surface area contributed by atoms with E-state index in [1.807, 2.05) is 6.92 Å². The first kappa shape index (κ1) is 12.6. The number of nitrogens with zero attached hydrogens (tertiary/aromatic N) is 2. The number of ether oxygens (including phenoxy) is 1. The fourth-order valence-corrected chi connectivity index (χ4v) is 2.11. The van der Waals surface area contributed by atoms with Gasteiger partial charge in [-0.15, -0.1) is 0 Å². The highest BCUT2D eigenvalue weighted by Gasteiger charge is 2.25. The normalized spacial score (nSPS) is 23.7. The van der Waals surface area contributed by atoms with E-state index in [9.17, 15) is 0 Å². The van der Waals surface area contributed by atoms with Crippen LogP contribution in [0, 0.1) is 0 Å². The monoisotopic (exact) mass is 300 g/mol. The quantitative estimate of drug-likeness (QED) is 0.893. The highest BCUT2D eigenvalue weighted by atomic mass is 79.9. The van der Waals surface area contributed by atoms with Crippen molar-refractivity contribution in [3.8, 4) is 0 Å². The van der Waals surface area contributed by atoms with Crippen LogP contribution in [0.15, 0.2) is 10.7 Å². The molecule has 2 N–H and O–H groups in total. The van der Waals surface area contributed by atoms with Crippen molar-refractivity contribution in [3.05, 3.63) is 10.7 Å². The van der Waals surface area contributed by atoms with Crippen molar-refractivity contribution in [1.29, 1.82) is 0 Å². The molecule has 0 saturated carbocycles. The fraction of sp³-hybridized carbons (Fsp3) is 0.636. The molecule has 2 rings (SSSR count). The number of halogens is 1. The molecule has 1 aromatic heterocycles. The van der Waals surface area contributed by atoms with Crippen LogP contribution in [0.4, 0.5) is 11.8 Å². The molecule has 1 aromatic rings. The molecule has 94 valence electrons. The minimum Gasteiger partial charge on any atom is -0.376 e. The summed E-state index contributed by atoms with van der Waals surface area (Å²) in [5.41, 5.74) is 0. The van der Waals surface area contributed by atoms with E-state index in [2.05, 4.69) is 43.5 Å². The third-order valence-corrected chi connectivity index (χ3v) is 3.36. The van der Waals surface area contributed by atoms with Gasteiger partial charge in [0, 0.05) is 19.3 Å². The van der Waals surface area contributed by atoms with Crippen LogP contribution in [0.1, 0.15) is 20.3 Å². The lowest BCUT2D eigenvalue weighted by Gasteiger charge is -2.17. The van der Waals surface area contributed by atoms with E-state index in [1.54, 1.807) is 6.20 Å². The lowest BCUT2D eigenvalue weighted by molar-refractivity contribution is 0.121. The molecule has 0 bridgehead atoms. The molecular formula is C11H17BrN4O. The van der Waals surface area contributed by atoms with E-state index in [4.69, 9.17) is 4.74 Å². The number of aromatic nitrogens is 2. The molecule has 0 amide bonds. The van der Waals surface area contributed by atoms with E-state index in [0.29, 0.717) is 12.0 Å². The zero-order chi connectivity index (χ0) is 12.3. The summed E-state index contributed by atoms with van der Waals surface area (Å²) in [6.45, 7) is 5.71. The smallest absolute Gasteiger partial charge is 0.224 e. The Balaban J connectivity index is 2.10. The Kier molecular flexibility index (Phi) is 4.17. The van der Waals surface area contributed by atoms with Crippen LogP contribution in [0.3, 0.4) is 0 Å². The highest BCUT2D eigenvalue weighted by Crippen LogP contribution is 2.24. The summed E-state index contributed by atoms with van der Waals surface area (Å²) >= 11 is 3.45. The Bertz CT molecular complexity index is 388. The second kappa shape index (κ2) is 5.64. The van der Waals surface area contributed by atoms with E-state index in [0.717, 1.165) is 29.9 Å². The molecule has 2 heterocycles. The van der Waals surface area contributed by atoms with Gasteiger partial charge < -0.3 is 15.4 Å². The van der Waals surface area contributed by atoms with Gasteiger partial charge in [-0.2, -0.15) is 4.98 Å². The molecule has 0 aliphatic carbocycles. The lowest BCUT2D eigenvalue weighted by atomic mass is 10.1. The first-order chi connectivity index (χ1) is 8.20. The van der Waals surface area contributed by atoms with Gasteiger partial charge in [-0.1, -0.05) is 0 Å². The Morgan fingerprint density at radius 1 is 1.59 bits per heavy atom.